The first kappa shape index (κ1) is 22.5. The van der Waals surface area contributed by atoms with Crippen molar-refractivity contribution in [3.63, 3.8) is 0 Å². The Balaban J connectivity index is 2.98. The van der Waals surface area contributed by atoms with E-state index in [0.717, 1.165) is 6.07 Å². The highest BCUT2D eigenvalue weighted by Gasteiger charge is 2.42. The van der Waals surface area contributed by atoms with Gasteiger partial charge in [0, 0.05) is 23.2 Å². The molecule has 0 spiro atoms. The number of non-ortho nitro benzene ring substituents is 1. The Morgan fingerprint density at radius 3 is 2.10 bits per heavy atom. The normalized spacial score (nSPS) is 11.4. The lowest BCUT2D eigenvalue weighted by Gasteiger charge is -2.28. The fourth-order valence-electron chi connectivity index (χ4n) is 2.70. The third-order valence-corrected chi connectivity index (χ3v) is 4.36. The van der Waals surface area contributed by atoms with E-state index in [9.17, 15) is 42.2 Å². The second-order valence-corrected chi connectivity index (χ2v) is 6.60. The van der Waals surface area contributed by atoms with E-state index in [1.54, 1.807) is 0 Å². The van der Waals surface area contributed by atoms with Gasteiger partial charge in [-0.15, -0.1) is 0 Å². The summed E-state index contributed by atoms with van der Waals surface area (Å²) >= 11 is 2.86. The van der Waals surface area contributed by atoms with Crippen LogP contribution in [0.5, 0.6) is 0 Å². The highest BCUT2D eigenvalue weighted by Crippen LogP contribution is 2.48. The predicted octanol–water partition coefficient (Wildman–Crippen LogP) is 6.11. The van der Waals surface area contributed by atoms with Gasteiger partial charge in [-0.25, -0.2) is 8.78 Å². The zero-order valence-electron chi connectivity index (χ0n) is 14.5. The molecule has 0 bridgehead atoms. The van der Waals surface area contributed by atoms with E-state index < -0.39 is 56.0 Å². The largest absolute Gasteiger partial charge is 0.418 e. The molecule has 7 nitrogen and oxygen atoms in total. The smallest absolute Gasteiger partial charge is 0.332 e. The molecule has 2 aromatic rings. The van der Waals surface area contributed by atoms with Gasteiger partial charge in [0.25, 0.3) is 11.4 Å². The van der Waals surface area contributed by atoms with Crippen LogP contribution in [0.15, 0.2) is 28.7 Å². The van der Waals surface area contributed by atoms with Crippen LogP contribution in [0.25, 0.3) is 0 Å². The highest BCUT2D eigenvalue weighted by atomic mass is 79.9. The fourth-order valence-corrected chi connectivity index (χ4v) is 3.32. The molecule has 2 aromatic carbocycles. The minimum absolute atomic E-state index is 0.120. The minimum Gasteiger partial charge on any atom is -0.332 e. The van der Waals surface area contributed by atoms with E-state index >= 15 is 0 Å². The van der Waals surface area contributed by atoms with Crippen LogP contribution in [0.3, 0.4) is 0 Å². The predicted molar refractivity (Wildman–Crippen MR) is 96.1 cm³/mol. The van der Waals surface area contributed by atoms with Crippen LogP contribution >= 0.6 is 15.9 Å². The topological polar surface area (TPSA) is 89.5 Å². The molecule has 0 heterocycles. The van der Waals surface area contributed by atoms with Crippen molar-refractivity contribution < 1.29 is 31.8 Å². The highest BCUT2D eigenvalue weighted by molar-refractivity contribution is 9.10. The molecular formula is C16H11BrF5N3O4. The van der Waals surface area contributed by atoms with Gasteiger partial charge in [-0.3, -0.25) is 20.2 Å². The third kappa shape index (κ3) is 4.60. The van der Waals surface area contributed by atoms with Crippen molar-refractivity contribution in [1.29, 1.82) is 0 Å². The molecule has 0 saturated carbocycles. The van der Waals surface area contributed by atoms with E-state index in [2.05, 4.69) is 15.9 Å². The van der Waals surface area contributed by atoms with Gasteiger partial charge < -0.3 is 4.90 Å². The van der Waals surface area contributed by atoms with Gasteiger partial charge in [0.05, 0.1) is 27.2 Å². The van der Waals surface area contributed by atoms with Gasteiger partial charge >= 0.3 is 6.18 Å². The van der Waals surface area contributed by atoms with Gasteiger partial charge in [0.2, 0.25) is 0 Å². The van der Waals surface area contributed by atoms with Crippen LogP contribution in [-0.4, -0.2) is 16.4 Å². The van der Waals surface area contributed by atoms with Crippen LogP contribution in [-0.2, 0) is 6.18 Å². The average Bonchev–Trinajstić information content (AvgIpc) is 2.58. The Hall–Kier alpha value is -2.83. The zero-order valence-corrected chi connectivity index (χ0v) is 16.1. The van der Waals surface area contributed by atoms with Crippen molar-refractivity contribution in [3.8, 4) is 0 Å². The first-order chi connectivity index (χ1) is 13.4. The molecule has 29 heavy (non-hydrogen) atoms. The van der Waals surface area contributed by atoms with E-state index in [4.69, 9.17) is 0 Å². The lowest BCUT2D eigenvalue weighted by Crippen LogP contribution is -2.25. The van der Waals surface area contributed by atoms with E-state index in [1.165, 1.54) is 6.92 Å². The molecule has 2 rings (SSSR count). The molecule has 0 radical (unpaired) electrons. The van der Waals surface area contributed by atoms with Crippen molar-refractivity contribution in [1.82, 2.24) is 0 Å². The van der Waals surface area contributed by atoms with Crippen molar-refractivity contribution in [2.45, 2.75) is 19.5 Å². The van der Waals surface area contributed by atoms with Crippen molar-refractivity contribution in [3.05, 3.63) is 66.2 Å². The maximum atomic E-state index is 14.5. The van der Waals surface area contributed by atoms with E-state index in [-0.39, 0.29) is 23.5 Å². The third-order valence-electron chi connectivity index (χ3n) is 3.76. The maximum absolute atomic E-state index is 14.5. The summed E-state index contributed by atoms with van der Waals surface area (Å²) in [5.74, 6) is -2.30. The van der Waals surface area contributed by atoms with Gasteiger partial charge in [-0.05, 0) is 28.4 Å². The molecular weight excluding hydrogens is 473 g/mol. The summed E-state index contributed by atoms with van der Waals surface area (Å²) in [6.45, 7) is 1.19. The number of halogens is 6. The number of rotatable bonds is 6. The lowest BCUT2D eigenvalue weighted by atomic mass is 10.1. The molecule has 0 fully saturated rings. The second-order valence-electron chi connectivity index (χ2n) is 5.74. The monoisotopic (exact) mass is 483 g/mol. The molecule has 156 valence electrons. The number of nitro groups is 2. The minimum atomic E-state index is -5.24. The summed E-state index contributed by atoms with van der Waals surface area (Å²) in [5.41, 5.74) is -5.74. The summed E-state index contributed by atoms with van der Waals surface area (Å²) in [7, 11) is 0. The molecule has 0 N–H and O–H groups in total. The SMILES string of the molecule is CCCN(c1c(F)cc(F)cc1Br)c1c([N+](=O)[O-])cc([N+](=O)[O-])cc1C(F)(F)F. The summed E-state index contributed by atoms with van der Waals surface area (Å²) < 4.78 is 68.6. The molecule has 0 unspecified atom stereocenters. The van der Waals surface area contributed by atoms with Crippen LogP contribution in [0, 0.1) is 31.9 Å². The number of alkyl halides is 3. The molecule has 0 aromatic heterocycles. The number of nitro benzene ring substituents is 2. The van der Waals surface area contributed by atoms with Crippen LogP contribution in [0.1, 0.15) is 18.9 Å². The van der Waals surface area contributed by atoms with E-state index in [1.807, 2.05) is 0 Å². The molecule has 0 amide bonds. The van der Waals surface area contributed by atoms with Crippen molar-refractivity contribution in [2.24, 2.45) is 0 Å². The number of hydrogen-bond donors (Lipinski definition) is 0. The zero-order chi connectivity index (χ0) is 22.1. The quantitative estimate of drug-likeness (QED) is 0.281. The molecule has 13 heteroatoms. The number of nitrogens with zero attached hydrogens (tertiary/aromatic N) is 3. The average molecular weight is 484 g/mol. The Labute approximate surface area is 168 Å². The summed E-state index contributed by atoms with van der Waals surface area (Å²) in [5, 5.41) is 22.4. The first-order valence-electron chi connectivity index (χ1n) is 7.84. The van der Waals surface area contributed by atoms with Crippen molar-refractivity contribution >= 4 is 38.7 Å². The molecule has 0 aliphatic heterocycles. The first-order valence-corrected chi connectivity index (χ1v) is 8.63. The van der Waals surface area contributed by atoms with Crippen LogP contribution in [0.2, 0.25) is 0 Å². The number of benzene rings is 2. The summed E-state index contributed by atoms with van der Waals surface area (Å²) in [6.07, 6.45) is -5.12. The van der Waals surface area contributed by atoms with Crippen LogP contribution in [0.4, 0.5) is 44.7 Å². The maximum Gasteiger partial charge on any atom is 0.418 e. The van der Waals surface area contributed by atoms with Gasteiger partial charge in [-0.2, -0.15) is 13.2 Å². The van der Waals surface area contributed by atoms with E-state index in [0.29, 0.717) is 17.0 Å². The fraction of sp³-hybridized carbons (Fsp3) is 0.250. The Morgan fingerprint density at radius 1 is 1.03 bits per heavy atom. The Bertz CT molecular complexity index is 961. The lowest BCUT2D eigenvalue weighted by molar-refractivity contribution is -0.394. The molecule has 0 aliphatic rings. The number of hydrogen-bond acceptors (Lipinski definition) is 5. The second kappa shape index (κ2) is 8.27. The van der Waals surface area contributed by atoms with Gasteiger partial charge in [0.15, 0.2) is 5.82 Å². The van der Waals surface area contributed by atoms with Crippen LogP contribution < -0.4 is 4.90 Å². The van der Waals surface area contributed by atoms with Gasteiger partial charge in [-0.1, -0.05) is 6.92 Å². The molecule has 0 saturated heterocycles. The summed E-state index contributed by atoms with van der Waals surface area (Å²) in [6, 6.07) is 1.70. The molecule has 0 atom stereocenters. The Kier molecular flexibility index (Phi) is 6.40. The number of anilines is 2. The Morgan fingerprint density at radius 2 is 1.66 bits per heavy atom. The standard InChI is InChI=1S/C16H11BrF5N3O4/c1-2-3-23(15-11(17)4-8(18)5-12(15)19)14-10(16(20,21)22)6-9(24(26)27)7-13(14)25(28)29/h4-7H,2-3H2,1H3. The summed E-state index contributed by atoms with van der Waals surface area (Å²) in [4.78, 5) is 20.7. The van der Waals surface area contributed by atoms with Crippen molar-refractivity contribution in [2.75, 3.05) is 11.4 Å². The molecule has 0 aliphatic carbocycles. The van der Waals surface area contributed by atoms with Gasteiger partial charge in [0.1, 0.15) is 11.5 Å².